The molecule has 0 fully saturated rings. The van der Waals surface area contributed by atoms with Gasteiger partial charge in [0, 0.05) is 17.7 Å². The lowest BCUT2D eigenvalue weighted by atomic mass is 10.0. The molecule has 0 unspecified atom stereocenters. The third kappa shape index (κ3) is 5.26. The summed E-state index contributed by atoms with van der Waals surface area (Å²) in [7, 11) is -4.06. The van der Waals surface area contributed by atoms with Gasteiger partial charge in [-0.3, -0.25) is 19.6 Å². The molecule has 1 N–H and O–H groups in total. The third-order valence-corrected chi connectivity index (χ3v) is 5.63. The van der Waals surface area contributed by atoms with Gasteiger partial charge in [-0.1, -0.05) is 30.3 Å². The number of carbonyl (C=O) groups excluding carboxylic acids is 1. The van der Waals surface area contributed by atoms with E-state index in [1.165, 1.54) is 30.3 Å². The van der Waals surface area contributed by atoms with Crippen LogP contribution in [0.3, 0.4) is 0 Å². The van der Waals surface area contributed by atoms with Crippen molar-refractivity contribution in [3.05, 3.63) is 94.0 Å². The van der Waals surface area contributed by atoms with Crippen LogP contribution in [0, 0.1) is 10.1 Å². The Labute approximate surface area is 179 Å². The zero-order valence-electron chi connectivity index (χ0n) is 16.8. The molecule has 0 spiro atoms. The van der Waals surface area contributed by atoms with Gasteiger partial charge in [0.25, 0.3) is 15.7 Å². The summed E-state index contributed by atoms with van der Waals surface area (Å²) in [6.07, 6.45) is -0.0627. The fourth-order valence-electron chi connectivity index (χ4n) is 2.84. The minimum Gasteiger partial charge on any atom is -0.491 e. The van der Waals surface area contributed by atoms with E-state index >= 15 is 0 Å². The van der Waals surface area contributed by atoms with Gasteiger partial charge in [0.15, 0.2) is 5.78 Å². The highest BCUT2D eigenvalue weighted by Gasteiger charge is 2.22. The standard InChI is InChI=1S/C22H20N2O6S/c1-15(2)30-18-9-11-19(12-10-18)31(28,29)23-21-13-8-17(24(26)27)14-20(21)22(25)16-6-4-3-5-7-16/h3-15,23H,1-2H3. The van der Waals surface area contributed by atoms with Crippen molar-refractivity contribution in [2.24, 2.45) is 0 Å². The normalized spacial score (nSPS) is 11.2. The molecule has 3 aromatic rings. The van der Waals surface area contributed by atoms with Gasteiger partial charge in [0.1, 0.15) is 5.75 Å². The van der Waals surface area contributed by atoms with E-state index < -0.39 is 20.7 Å². The van der Waals surface area contributed by atoms with E-state index in [2.05, 4.69) is 4.72 Å². The number of anilines is 1. The first-order valence-corrected chi connectivity index (χ1v) is 10.8. The Morgan fingerprint density at radius 1 is 1.00 bits per heavy atom. The van der Waals surface area contributed by atoms with Gasteiger partial charge < -0.3 is 4.74 Å². The Balaban J connectivity index is 1.98. The molecular weight excluding hydrogens is 420 g/mol. The first kappa shape index (κ1) is 22.0. The largest absolute Gasteiger partial charge is 0.491 e. The van der Waals surface area contributed by atoms with Crippen LogP contribution in [0.1, 0.15) is 29.8 Å². The number of nitro benzene ring substituents is 1. The second kappa shape index (κ2) is 8.97. The lowest BCUT2D eigenvalue weighted by Crippen LogP contribution is -2.16. The number of ether oxygens (including phenoxy) is 1. The van der Waals surface area contributed by atoms with Crippen LogP contribution in [0.15, 0.2) is 77.7 Å². The van der Waals surface area contributed by atoms with E-state index in [4.69, 9.17) is 4.74 Å². The molecule has 0 heterocycles. The average molecular weight is 440 g/mol. The summed E-state index contributed by atoms with van der Waals surface area (Å²) >= 11 is 0. The van der Waals surface area contributed by atoms with Crippen molar-refractivity contribution < 1.29 is 22.9 Å². The molecule has 0 aliphatic heterocycles. The van der Waals surface area contributed by atoms with Crippen molar-refractivity contribution in [1.82, 2.24) is 0 Å². The van der Waals surface area contributed by atoms with Crippen LogP contribution in [0.5, 0.6) is 5.75 Å². The molecular formula is C22H20N2O6S. The summed E-state index contributed by atoms with van der Waals surface area (Å²) in [6, 6.07) is 17.3. The van der Waals surface area contributed by atoms with Crippen molar-refractivity contribution >= 4 is 27.2 Å². The van der Waals surface area contributed by atoms with Crippen molar-refractivity contribution in [3.63, 3.8) is 0 Å². The molecule has 0 aromatic heterocycles. The Bertz CT molecular complexity index is 1210. The van der Waals surface area contributed by atoms with Crippen LogP contribution in [-0.4, -0.2) is 25.2 Å². The van der Waals surface area contributed by atoms with Crippen LogP contribution in [-0.2, 0) is 10.0 Å². The van der Waals surface area contributed by atoms with Crippen molar-refractivity contribution in [2.75, 3.05) is 4.72 Å². The molecule has 0 amide bonds. The number of nitrogens with one attached hydrogen (secondary N) is 1. The van der Waals surface area contributed by atoms with Gasteiger partial charge >= 0.3 is 0 Å². The molecule has 8 nitrogen and oxygen atoms in total. The highest BCUT2D eigenvalue weighted by atomic mass is 32.2. The predicted molar refractivity (Wildman–Crippen MR) is 116 cm³/mol. The summed E-state index contributed by atoms with van der Waals surface area (Å²) in [4.78, 5) is 23.4. The maximum atomic E-state index is 12.9. The fraction of sp³-hybridized carbons (Fsp3) is 0.136. The lowest BCUT2D eigenvalue weighted by Gasteiger charge is -2.13. The minimum atomic E-state index is -4.06. The molecule has 0 aliphatic rings. The zero-order chi connectivity index (χ0) is 22.6. The van der Waals surface area contributed by atoms with E-state index in [-0.39, 0.29) is 33.5 Å². The van der Waals surface area contributed by atoms with Crippen molar-refractivity contribution in [2.45, 2.75) is 24.8 Å². The van der Waals surface area contributed by atoms with Gasteiger partial charge in [-0.15, -0.1) is 0 Å². The van der Waals surface area contributed by atoms with Crippen molar-refractivity contribution in [3.8, 4) is 5.75 Å². The highest BCUT2D eigenvalue weighted by molar-refractivity contribution is 7.92. The maximum Gasteiger partial charge on any atom is 0.270 e. The number of nitro groups is 1. The van der Waals surface area contributed by atoms with E-state index in [0.29, 0.717) is 5.75 Å². The highest BCUT2D eigenvalue weighted by Crippen LogP contribution is 2.27. The fourth-order valence-corrected chi connectivity index (χ4v) is 3.92. The first-order valence-electron chi connectivity index (χ1n) is 9.35. The maximum absolute atomic E-state index is 12.9. The van der Waals surface area contributed by atoms with Gasteiger partial charge in [-0.2, -0.15) is 0 Å². The number of ketones is 1. The second-order valence-corrected chi connectivity index (χ2v) is 8.61. The monoisotopic (exact) mass is 440 g/mol. The number of non-ortho nitro benzene ring substituents is 1. The number of nitrogens with zero attached hydrogens (tertiary/aromatic N) is 1. The smallest absolute Gasteiger partial charge is 0.270 e. The molecule has 3 aromatic carbocycles. The van der Waals surface area contributed by atoms with E-state index in [1.54, 1.807) is 30.3 Å². The van der Waals surface area contributed by atoms with Crippen molar-refractivity contribution in [1.29, 1.82) is 0 Å². The van der Waals surface area contributed by atoms with Crippen LogP contribution in [0.4, 0.5) is 11.4 Å². The zero-order valence-corrected chi connectivity index (χ0v) is 17.6. The lowest BCUT2D eigenvalue weighted by molar-refractivity contribution is -0.384. The number of carbonyl (C=O) groups is 1. The molecule has 0 saturated carbocycles. The number of benzene rings is 3. The third-order valence-electron chi connectivity index (χ3n) is 4.24. The van der Waals surface area contributed by atoms with Crippen LogP contribution in [0.25, 0.3) is 0 Å². The molecule has 3 rings (SSSR count). The van der Waals surface area contributed by atoms with E-state index in [1.807, 2.05) is 13.8 Å². The molecule has 31 heavy (non-hydrogen) atoms. The summed E-state index contributed by atoms with van der Waals surface area (Å²) < 4.78 is 33.6. The number of hydrogen-bond donors (Lipinski definition) is 1. The quantitative estimate of drug-likeness (QED) is 0.315. The number of rotatable bonds is 8. The molecule has 0 bridgehead atoms. The SMILES string of the molecule is CC(C)Oc1ccc(S(=O)(=O)Nc2ccc([N+](=O)[O-])cc2C(=O)c2ccccc2)cc1. The van der Waals surface area contributed by atoms with Crippen LogP contribution < -0.4 is 9.46 Å². The number of sulfonamides is 1. The van der Waals surface area contributed by atoms with Gasteiger partial charge in [-0.05, 0) is 44.2 Å². The summed E-state index contributed by atoms with van der Waals surface area (Å²) in [5.74, 6) is -0.0214. The Morgan fingerprint density at radius 2 is 1.65 bits per heavy atom. The predicted octanol–water partition coefficient (Wildman–Crippen LogP) is 4.41. The Hall–Kier alpha value is -3.72. The molecule has 0 radical (unpaired) electrons. The Morgan fingerprint density at radius 3 is 2.23 bits per heavy atom. The molecule has 0 atom stereocenters. The van der Waals surface area contributed by atoms with Crippen LogP contribution in [0.2, 0.25) is 0 Å². The number of hydrogen-bond acceptors (Lipinski definition) is 6. The minimum absolute atomic E-state index is 0.0416. The molecule has 0 aliphatic carbocycles. The topological polar surface area (TPSA) is 116 Å². The van der Waals surface area contributed by atoms with E-state index in [0.717, 1.165) is 12.1 Å². The second-order valence-electron chi connectivity index (χ2n) is 6.93. The van der Waals surface area contributed by atoms with Crippen LogP contribution >= 0.6 is 0 Å². The van der Waals surface area contributed by atoms with Gasteiger partial charge in [0.05, 0.1) is 27.2 Å². The van der Waals surface area contributed by atoms with Gasteiger partial charge in [-0.25, -0.2) is 8.42 Å². The molecule has 160 valence electrons. The first-order chi connectivity index (χ1) is 14.7. The summed E-state index contributed by atoms with van der Waals surface area (Å²) in [6.45, 7) is 3.71. The summed E-state index contributed by atoms with van der Waals surface area (Å²) in [5.41, 5.74) is -0.221. The van der Waals surface area contributed by atoms with Gasteiger partial charge in [0.2, 0.25) is 0 Å². The molecule has 9 heteroatoms. The van der Waals surface area contributed by atoms with E-state index in [9.17, 15) is 23.3 Å². The summed E-state index contributed by atoms with van der Waals surface area (Å²) in [5, 5.41) is 11.2. The molecule has 0 saturated heterocycles. The average Bonchev–Trinajstić information content (AvgIpc) is 2.73. The Kier molecular flexibility index (Phi) is 6.36.